The maximum atomic E-state index is 12.9. The first-order valence-corrected chi connectivity index (χ1v) is 11.2. The van der Waals surface area contributed by atoms with Gasteiger partial charge in [-0.05, 0) is 36.6 Å². The number of rotatable bonds is 8. The largest absolute Gasteiger partial charge is 0.457 e. The number of hydrogen-bond acceptors (Lipinski definition) is 4. The highest BCUT2D eigenvalue weighted by molar-refractivity contribution is 8.26. The molecule has 3 nitrogen and oxygen atoms in total. The number of thiocarbonyl (C=S) groups is 1. The van der Waals surface area contributed by atoms with E-state index < -0.39 is 0 Å². The highest BCUT2D eigenvalue weighted by Crippen LogP contribution is 2.35. The van der Waals surface area contributed by atoms with Crippen LogP contribution in [-0.2, 0) is 4.79 Å². The van der Waals surface area contributed by atoms with Crippen LogP contribution in [0, 0.1) is 5.92 Å². The molecular weight excluding hydrogens is 410 g/mol. The van der Waals surface area contributed by atoms with Crippen molar-refractivity contribution in [2.45, 2.75) is 39.5 Å². The second-order valence-electron chi connectivity index (χ2n) is 6.92. The minimum Gasteiger partial charge on any atom is -0.457 e. The number of benzene rings is 1. The van der Waals surface area contributed by atoms with E-state index in [1.54, 1.807) is 11.0 Å². The second-order valence-corrected chi connectivity index (χ2v) is 9.03. The zero-order valence-corrected chi connectivity index (χ0v) is 18.5. The lowest BCUT2D eigenvalue weighted by molar-refractivity contribution is -0.122. The summed E-state index contributed by atoms with van der Waals surface area (Å²) in [6.07, 6.45) is 6.31. The van der Waals surface area contributed by atoms with Gasteiger partial charge in [-0.2, -0.15) is 0 Å². The number of hydrogen-bond donors (Lipinski definition) is 0. The molecule has 148 valence electrons. The predicted octanol–water partition coefficient (Wildman–Crippen LogP) is 7.02. The van der Waals surface area contributed by atoms with E-state index in [2.05, 4.69) is 13.8 Å². The summed E-state index contributed by atoms with van der Waals surface area (Å²) in [6.45, 7) is 5.06. The number of unbranched alkanes of at least 4 members (excludes halogenated alkanes) is 1. The third-order valence-electron chi connectivity index (χ3n) is 4.87. The Hall–Kier alpha value is -1.56. The van der Waals surface area contributed by atoms with Crippen molar-refractivity contribution in [1.29, 1.82) is 0 Å². The van der Waals surface area contributed by atoms with Crippen molar-refractivity contribution in [3.63, 3.8) is 0 Å². The molecule has 1 fully saturated rings. The van der Waals surface area contributed by atoms with E-state index in [4.69, 9.17) is 28.2 Å². The molecule has 1 unspecified atom stereocenters. The molecule has 3 rings (SSSR count). The molecule has 0 aliphatic carbocycles. The number of carbonyl (C=O) groups excluding carboxylic acids is 1. The van der Waals surface area contributed by atoms with Gasteiger partial charge in [0, 0.05) is 23.2 Å². The van der Waals surface area contributed by atoms with Crippen LogP contribution in [0.3, 0.4) is 0 Å². The number of carbonyl (C=O) groups is 1. The maximum absolute atomic E-state index is 12.9. The fourth-order valence-corrected chi connectivity index (χ4v) is 4.63. The SMILES string of the molecule is CCCCC(CC)CN1C(=O)C(=Cc2ccc(-c3cccc(Cl)c3)o2)SC1=S. The number of amides is 1. The molecule has 0 saturated carbocycles. The number of halogens is 1. The van der Waals surface area contributed by atoms with Crippen molar-refractivity contribution < 1.29 is 9.21 Å². The zero-order chi connectivity index (χ0) is 20.1. The third kappa shape index (κ3) is 5.07. The van der Waals surface area contributed by atoms with Crippen LogP contribution in [0.4, 0.5) is 0 Å². The van der Waals surface area contributed by atoms with Gasteiger partial charge in [0.25, 0.3) is 5.91 Å². The highest BCUT2D eigenvalue weighted by Gasteiger charge is 2.33. The van der Waals surface area contributed by atoms with Gasteiger partial charge in [0.05, 0.1) is 4.91 Å². The first-order valence-electron chi connectivity index (χ1n) is 9.63. The molecule has 1 saturated heterocycles. The Bertz CT molecular complexity index is 890. The summed E-state index contributed by atoms with van der Waals surface area (Å²) < 4.78 is 6.53. The standard InChI is InChI=1S/C22H24ClNO2S2/c1-3-5-7-15(4-2)14-24-21(25)20(28-22(24)27)13-18-10-11-19(26-18)16-8-6-9-17(23)12-16/h6,8-13,15H,3-5,7,14H2,1-2H3. The molecule has 0 N–H and O–H groups in total. The molecule has 1 aromatic carbocycles. The molecular formula is C22H24ClNO2S2. The average molecular weight is 434 g/mol. The first kappa shape index (κ1) is 21.2. The van der Waals surface area contributed by atoms with Gasteiger partial charge < -0.3 is 4.42 Å². The van der Waals surface area contributed by atoms with Crippen molar-refractivity contribution >= 4 is 51.9 Å². The summed E-state index contributed by atoms with van der Waals surface area (Å²) in [5.41, 5.74) is 0.904. The Labute approximate surface area is 181 Å². The Morgan fingerprint density at radius 1 is 1.29 bits per heavy atom. The molecule has 1 aliphatic heterocycles. The second kappa shape index (κ2) is 9.77. The average Bonchev–Trinajstić information content (AvgIpc) is 3.25. The van der Waals surface area contributed by atoms with E-state index in [0.29, 0.717) is 32.5 Å². The van der Waals surface area contributed by atoms with Crippen LogP contribution in [0.1, 0.15) is 45.3 Å². The molecule has 0 radical (unpaired) electrons. The van der Waals surface area contributed by atoms with Gasteiger partial charge in [0.15, 0.2) is 0 Å². The number of thioether (sulfide) groups is 1. The summed E-state index contributed by atoms with van der Waals surface area (Å²) >= 11 is 12.9. The Balaban J connectivity index is 1.73. The molecule has 0 spiro atoms. The van der Waals surface area contributed by atoms with Gasteiger partial charge in [0.2, 0.25) is 0 Å². The van der Waals surface area contributed by atoms with Gasteiger partial charge in [-0.25, -0.2) is 0 Å². The van der Waals surface area contributed by atoms with Crippen molar-refractivity contribution in [1.82, 2.24) is 4.90 Å². The minimum atomic E-state index is -0.0225. The predicted molar refractivity (Wildman–Crippen MR) is 122 cm³/mol. The topological polar surface area (TPSA) is 33.5 Å². The number of nitrogens with zero attached hydrogens (tertiary/aromatic N) is 1. The van der Waals surface area contributed by atoms with Gasteiger partial charge in [-0.15, -0.1) is 0 Å². The highest BCUT2D eigenvalue weighted by atomic mass is 35.5. The van der Waals surface area contributed by atoms with Crippen LogP contribution in [0.15, 0.2) is 45.7 Å². The quantitative estimate of drug-likeness (QED) is 0.331. The normalized spacial score (nSPS) is 17.0. The van der Waals surface area contributed by atoms with E-state index in [9.17, 15) is 4.79 Å². The minimum absolute atomic E-state index is 0.0225. The number of furan rings is 1. The van der Waals surface area contributed by atoms with Crippen molar-refractivity contribution in [3.05, 3.63) is 52.1 Å². The van der Waals surface area contributed by atoms with Crippen molar-refractivity contribution in [2.24, 2.45) is 5.92 Å². The molecule has 1 aliphatic rings. The van der Waals surface area contributed by atoms with Crippen molar-refractivity contribution in [2.75, 3.05) is 6.54 Å². The zero-order valence-electron chi connectivity index (χ0n) is 16.1. The van der Waals surface area contributed by atoms with Gasteiger partial charge in [-0.3, -0.25) is 9.69 Å². The lowest BCUT2D eigenvalue weighted by Crippen LogP contribution is -2.33. The van der Waals surface area contributed by atoms with Crippen LogP contribution in [0.2, 0.25) is 5.02 Å². The monoisotopic (exact) mass is 433 g/mol. The maximum Gasteiger partial charge on any atom is 0.266 e. The summed E-state index contributed by atoms with van der Waals surface area (Å²) in [5, 5.41) is 0.657. The van der Waals surface area contributed by atoms with Gasteiger partial charge in [-0.1, -0.05) is 80.8 Å². The van der Waals surface area contributed by atoms with E-state index >= 15 is 0 Å². The smallest absolute Gasteiger partial charge is 0.266 e. The van der Waals surface area contributed by atoms with E-state index in [0.717, 1.165) is 24.2 Å². The molecule has 6 heteroatoms. The molecule has 0 bridgehead atoms. The summed E-state index contributed by atoms with van der Waals surface area (Å²) in [4.78, 5) is 15.2. The third-order valence-corrected chi connectivity index (χ3v) is 6.48. The first-order chi connectivity index (χ1) is 13.5. The molecule has 28 heavy (non-hydrogen) atoms. The van der Waals surface area contributed by atoms with E-state index in [1.807, 2.05) is 36.4 Å². The Morgan fingerprint density at radius 2 is 2.11 bits per heavy atom. The van der Waals surface area contributed by atoms with Crippen LogP contribution in [0.25, 0.3) is 17.4 Å². The summed E-state index contributed by atoms with van der Waals surface area (Å²) in [6, 6.07) is 11.2. The van der Waals surface area contributed by atoms with Gasteiger partial charge in [0.1, 0.15) is 15.8 Å². The lowest BCUT2D eigenvalue weighted by Gasteiger charge is -2.21. The van der Waals surface area contributed by atoms with Crippen LogP contribution < -0.4 is 0 Å². The van der Waals surface area contributed by atoms with Crippen LogP contribution >= 0.6 is 35.6 Å². The van der Waals surface area contributed by atoms with E-state index in [-0.39, 0.29) is 5.91 Å². The Kier molecular flexibility index (Phi) is 7.38. The summed E-state index contributed by atoms with van der Waals surface area (Å²) in [7, 11) is 0. The van der Waals surface area contributed by atoms with Crippen molar-refractivity contribution in [3.8, 4) is 11.3 Å². The fraction of sp³-hybridized carbons (Fsp3) is 0.364. The lowest BCUT2D eigenvalue weighted by atomic mass is 9.99. The Morgan fingerprint density at radius 3 is 2.82 bits per heavy atom. The van der Waals surface area contributed by atoms with Crippen LogP contribution in [-0.4, -0.2) is 21.7 Å². The van der Waals surface area contributed by atoms with Crippen LogP contribution in [0.5, 0.6) is 0 Å². The molecule has 1 amide bonds. The molecule has 2 aromatic rings. The van der Waals surface area contributed by atoms with E-state index in [1.165, 1.54) is 24.6 Å². The van der Waals surface area contributed by atoms with Gasteiger partial charge >= 0.3 is 0 Å². The molecule has 1 atom stereocenters. The fourth-order valence-electron chi connectivity index (χ4n) is 3.19. The summed E-state index contributed by atoms with van der Waals surface area (Å²) in [5.74, 6) is 1.81. The molecule has 1 aromatic heterocycles. The molecule has 2 heterocycles.